The summed E-state index contributed by atoms with van der Waals surface area (Å²) in [5, 5.41) is 2.91. The first-order chi connectivity index (χ1) is 12.2. The minimum Gasteiger partial charge on any atom is -0.353 e. The van der Waals surface area contributed by atoms with Gasteiger partial charge < -0.3 is 10.2 Å². The number of aryl methyl sites for hydroxylation is 2. The molecular formula is C18H27N3O4S. The van der Waals surface area contributed by atoms with Gasteiger partial charge in [-0.05, 0) is 43.9 Å². The number of nitrogens with zero attached hydrogens (tertiary/aromatic N) is 1. The summed E-state index contributed by atoms with van der Waals surface area (Å²) >= 11 is 0. The predicted octanol–water partition coefficient (Wildman–Crippen LogP) is 1.10. The molecule has 0 saturated carbocycles. The van der Waals surface area contributed by atoms with Crippen molar-refractivity contribution in [3.05, 3.63) is 29.3 Å². The van der Waals surface area contributed by atoms with Gasteiger partial charge in [0.25, 0.3) is 0 Å². The van der Waals surface area contributed by atoms with Crippen LogP contribution in [-0.4, -0.2) is 50.8 Å². The van der Waals surface area contributed by atoms with Crippen molar-refractivity contribution in [3.8, 4) is 0 Å². The Labute approximate surface area is 155 Å². The highest BCUT2D eigenvalue weighted by Gasteiger charge is 2.22. The molecule has 1 saturated heterocycles. The first-order valence-electron chi connectivity index (χ1n) is 8.81. The zero-order valence-corrected chi connectivity index (χ0v) is 16.4. The molecule has 0 radical (unpaired) electrons. The lowest BCUT2D eigenvalue weighted by molar-refractivity contribution is -0.130. The molecule has 2 rings (SSSR count). The number of hydrogen-bond acceptors (Lipinski definition) is 4. The van der Waals surface area contributed by atoms with E-state index >= 15 is 0 Å². The van der Waals surface area contributed by atoms with E-state index in [1.165, 1.54) is 0 Å². The molecule has 144 valence electrons. The molecule has 1 aliphatic heterocycles. The third kappa shape index (κ3) is 5.54. The molecule has 0 aromatic heterocycles. The van der Waals surface area contributed by atoms with Crippen molar-refractivity contribution in [1.82, 2.24) is 14.9 Å². The molecule has 0 atom stereocenters. The van der Waals surface area contributed by atoms with Crippen LogP contribution in [0, 0.1) is 13.8 Å². The number of carbonyl (C=O) groups is 2. The van der Waals surface area contributed by atoms with Gasteiger partial charge in [-0.2, -0.15) is 0 Å². The highest BCUT2D eigenvalue weighted by molar-refractivity contribution is 7.89. The average Bonchev–Trinajstić information content (AvgIpc) is 2.57. The number of nitrogens with one attached hydrogen (secondary N) is 2. The number of likely N-dealkylation sites (tertiary alicyclic amines) is 1. The first kappa shape index (κ1) is 20.4. The molecule has 2 amide bonds. The van der Waals surface area contributed by atoms with Crippen LogP contribution in [0.15, 0.2) is 23.1 Å². The Morgan fingerprint density at radius 1 is 1.19 bits per heavy atom. The van der Waals surface area contributed by atoms with Gasteiger partial charge in [-0.25, -0.2) is 13.1 Å². The Balaban J connectivity index is 1.79. The summed E-state index contributed by atoms with van der Waals surface area (Å²) in [4.78, 5) is 25.4. The van der Waals surface area contributed by atoms with E-state index in [0.29, 0.717) is 18.7 Å². The van der Waals surface area contributed by atoms with Crippen LogP contribution < -0.4 is 10.0 Å². The van der Waals surface area contributed by atoms with E-state index in [4.69, 9.17) is 0 Å². The van der Waals surface area contributed by atoms with Crippen molar-refractivity contribution >= 4 is 21.8 Å². The molecule has 1 heterocycles. The Morgan fingerprint density at radius 3 is 2.46 bits per heavy atom. The monoisotopic (exact) mass is 381 g/mol. The molecule has 26 heavy (non-hydrogen) atoms. The van der Waals surface area contributed by atoms with E-state index < -0.39 is 10.0 Å². The van der Waals surface area contributed by atoms with E-state index in [-0.39, 0.29) is 35.7 Å². The maximum atomic E-state index is 12.4. The average molecular weight is 381 g/mol. The number of carbonyl (C=O) groups excluding carboxylic acids is 2. The summed E-state index contributed by atoms with van der Waals surface area (Å²) < 4.78 is 27.3. The summed E-state index contributed by atoms with van der Waals surface area (Å²) in [6.07, 6.45) is 1.52. The summed E-state index contributed by atoms with van der Waals surface area (Å²) in [7, 11) is -3.63. The molecule has 1 aromatic carbocycles. The lowest BCUT2D eigenvalue weighted by Crippen LogP contribution is -2.46. The van der Waals surface area contributed by atoms with E-state index in [0.717, 1.165) is 18.4 Å². The highest BCUT2D eigenvalue weighted by atomic mass is 32.2. The molecule has 8 heteroatoms. The van der Waals surface area contributed by atoms with Crippen molar-refractivity contribution in [1.29, 1.82) is 0 Å². The Bertz CT molecular complexity index is 769. The van der Waals surface area contributed by atoms with Crippen LogP contribution in [-0.2, 0) is 19.6 Å². The second kappa shape index (κ2) is 8.64. The molecule has 0 unspecified atom stereocenters. The lowest BCUT2D eigenvalue weighted by Gasteiger charge is -2.31. The Hall–Kier alpha value is -1.93. The van der Waals surface area contributed by atoms with Crippen LogP contribution in [0.1, 0.15) is 37.3 Å². The number of sulfonamides is 1. The van der Waals surface area contributed by atoms with Crippen molar-refractivity contribution < 1.29 is 18.0 Å². The molecular weight excluding hydrogens is 354 g/mol. The van der Waals surface area contributed by atoms with Crippen LogP contribution in [0.5, 0.6) is 0 Å². The summed E-state index contributed by atoms with van der Waals surface area (Å²) in [5.41, 5.74) is 1.54. The molecule has 2 N–H and O–H groups in total. The van der Waals surface area contributed by atoms with E-state index in [1.807, 2.05) is 13.0 Å². The van der Waals surface area contributed by atoms with Gasteiger partial charge >= 0.3 is 0 Å². The molecule has 1 aliphatic rings. The number of piperidine rings is 1. The Kier molecular flexibility index (Phi) is 6.77. The van der Waals surface area contributed by atoms with Crippen molar-refractivity contribution in [2.24, 2.45) is 0 Å². The fraction of sp³-hybridized carbons (Fsp3) is 0.556. The number of hydrogen-bond donors (Lipinski definition) is 2. The van der Waals surface area contributed by atoms with Gasteiger partial charge in [0, 0.05) is 39.0 Å². The molecule has 0 aliphatic carbocycles. The van der Waals surface area contributed by atoms with Gasteiger partial charge in [0.15, 0.2) is 0 Å². The maximum Gasteiger partial charge on any atom is 0.240 e. The first-order valence-corrected chi connectivity index (χ1v) is 10.3. The third-order valence-corrected chi connectivity index (χ3v) is 6.19. The topological polar surface area (TPSA) is 95.6 Å². The number of amides is 2. The molecule has 7 nitrogen and oxygen atoms in total. The fourth-order valence-electron chi connectivity index (χ4n) is 3.01. The van der Waals surface area contributed by atoms with Crippen LogP contribution in [0.3, 0.4) is 0 Å². The van der Waals surface area contributed by atoms with Gasteiger partial charge in [-0.15, -0.1) is 0 Å². The second-order valence-electron chi connectivity index (χ2n) is 6.76. The summed E-state index contributed by atoms with van der Waals surface area (Å²) in [5.74, 6) is -0.134. The quantitative estimate of drug-likeness (QED) is 0.771. The highest BCUT2D eigenvalue weighted by Crippen LogP contribution is 2.16. The number of rotatable bonds is 6. The lowest BCUT2D eigenvalue weighted by atomic mass is 10.0. The fourth-order valence-corrected chi connectivity index (χ4v) is 4.37. The van der Waals surface area contributed by atoms with Gasteiger partial charge in [-0.3, -0.25) is 9.59 Å². The van der Waals surface area contributed by atoms with Gasteiger partial charge in [0.1, 0.15) is 0 Å². The van der Waals surface area contributed by atoms with E-state index in [1.54, 1.807) is 30.9 Å². The largest absolute Gasteiger partial charge is 0.353 e. The van der Waals surface area contributed by atoms with Gasteiger partial charge in [-0.1, -0.05) is 12.1 Å². The number of benzene rings is 1. The zero-order chi connectivity index (χ0) is 19.3. The molecule has 1 aromatic rings. The minimum absolute atomic E-state index is 0.0359. The maximum absolute atomic E-state index is 12.4. The minimum atomic E-state index is -3.63. The normalized spacial score (nSPS) is 15.7. The second-order valence-corrected chi connectivity index (χ2v) is 8.50. The molecule has 0 bridgehead atoms. The summed E-state index contributed by atoms with van der Waals surface area (Å²) in [6.45, 7) is 6.45. The van der Waals surface area contributed by atoms with E-state index in [2.05, 4.69) is 10.0 Å². The Morgan fingerprint density at radius 2 is 1.85 bits per heavy atom. The van der Waals surface area contributed by atoms with Crippen LogP contribution >= 0.6 is 0 Å². The third-order valence-electron chi connectivity index (χ3n) is 4.58. The van der Waals surface area contributed by atoms with Crippen LogP contribution in [0.4, 0.5) is 0 Å². The van der Waals surface area contributed by atoms with Crippen LogP contribution in [0.2, 0.25) is 0 Å². The van der Waals surface area contributed by atoms with Crippen molar-refractivity contribution in [2.75, 3.05) is 19.6 Å². The standard InChI is InChI=1S/C18H27N3O4S/c1-13-4-5-14(2)17(12-13)26(24,25)19-9-6-18(23)20-16-7-10-21(11-8-16)15(3)22/h4-5,12,16,19H,6-11H2,1-3H3,(H,20,23). The smallest absolute Gasteiger partial charge is 0.240 e. The zero-order valence-electron chi connectivity index (χ0n) is 15.5. The van der Waals surface area contributed by atoms with Crippen LogP contribution in [0.25, 0.3) is 0 Å². The predicted molar refractivity (Wildman–Crippen MR) is 99.1 cm³/mol. The van der Waals surface area contributed by atoms with Gasteiger partial charge in [0.2, 0.25) is 21.8 Å². The SMILES string of the molecule is CC(=O)N1CCC(NC(=O)CCNS(=O)(=O)c2cc(C)ccc2C)CC1. The van der Waals surface area contributed by atoms with E-state index in [9.17, 15) is 18.0 Å². The molecule has 1 fully saturated rings. The van der Waals surface area contributed by atoms with Crippen molar-refractivity contribution in [2.45, 2.75) is 51.0 Å². The molecule has 0 spiro atoms. The summed E-state index contributed by atoms with van der Waals surface area (Å²) in [6, 6.07) is 5.29. The van der Waals surface area contributed by atoms with Gasteiger partial charge in [0.05, 0.1) is 4.90 Å². The van der Waals surface area contributed by atoms with Crippen molar-refractivity contribution in [3.63, 3.8) is 0 Å².